The number of hydrogen-bond acceptors (Lipinski definition) is 3. The van der Waals surface area contributed by atoms with Crippen molar-refractivity contribution in [1.29, 1.82) is 0 Å². The molecule has 74 valence electrons. The van der Waals surface area contributed by atoms with Gasteiger partial charge in [0, 0.05) is 19.9 Å². The number of aromatic nitrogens is 2. The third-order valence-electron chi connectivity index (χ3n) is 2.02. The van der Waals surface area contributed by atoms with Crippen molar-refractivity contribution in [2.45, 2.75) is 19.1 Å². The molecule has 0 amide bonds. The number of halogens is 1. The molecule has 1 rings (SSSR count). The van der Waals surface area contributed by atoms with Gasteiger partial charge in [-0.1, -0.05) is 0 Å². The van der Waals surface area contributed by atoms with Gasteiger partial charge in [-0.15, -0.1) is 0 Å². The van der Waals surface area contributed by atoms with E-state index in [-0.39, 0.29) is 5.60 Å². The van der Waals surface area contributed by atoms with Crippen LogP contribution in [0.1, 0.15) is 6.92 Å². The highest BCUT2D eigenvalue weighted by Gasteiger charge is 2.22. The van der Waals surface area contributed by atoms with Crippen molar-refractivity contribution in [2.75, 3.05) is 13.7 Å². The predicted molar refractivity (Wildman–Crippen MR) is 54.4 cm³/mol. The van der Waals surface area contributed by atoms with Gasteiger partial charge in [-0.2, -0.15) is 5.10 Å². The molecule has 13 heavy (non-hydrogen) atoms. The molecule has 1 unspecified atom stereocenters. The number of methoxy groups -OCH3 is 1. The van der Waals surface area contributed by atoms with E-state index in [1.54, 1.807) is 18.0 Å². The third kappa shape index (κ3) is 2.79. The minimum atomic E-state index is -0.342. The van der Waals surface area contributed by atoms with E-state index in [4.69, 9.17) is 10.5 Å². The Labute approximate surface area is 86.2 Å². The van der Waals surface area contributed by atoms with Crippen LogP contribution < -0.4 is 5.73 Å². The summed E-state index contributed by atoms with van der Waals surface area (Å²) in [6.07, 6.45) is 3.64. The van der Waals surface area contributed by atoms with Crippen LogP contribution in [0.3, 0.4) is 0 Å². The van der Waals surface area contributed by atoms with Gasteiger partial charge in [-0.25, -0.2) is 0 Å². The quantitative estimate of drug-likeness (QED) is 0.865. The number of rotatable bonds is 4. The molecule has 0 aliphatic rings. The average Bonchev–Trinajstić information content (AvgIpc) is 2.51. The molecular weight excluding hydrogens is 234 g/mol. The molecule has 0 radical (unpaired) electrons. The molecule has 0 saturated carbocycles. The van der Waals surface area contributed by atoms with E-state index in [2.05, 4.69) is 21.0 Å². The molecular formula is C8H14BrN3O. The lowest BCUT2D eigenvalue weighted by Gasteiger charge is -2.25. The van der Waals surface area contributed by atoms with Crippen LogP contribution in [0, 0.1) is 0 Å². The summed E-state index contributed by atoms with van der Waals surface area (Å²) in [5.41, 5.74) is 5.25. The first-order chi connectivity index (χ1) is 6.09. The average molecular weight is 248 g/mol. The molecule has 0 saturated heterocycles. The first-order valence-corrected chi connectivity index (χ1v) is 4.82. The Balaban J connectivity index is 2.67. The van der Waals surface area contributed by atoms with Crippen LogP contribution in [-0.2, 0) is 11.3 Å². The van der Waals surface area contributed by atoms with E-state index >= 15 is 0 Å². The Morgan fingerprint density at radius 2 is 2.46 bits per heavy atom. The van der Waals surface area contributed by atoms with E-state index in [0.717, 1.165) is 4.47 Å². The summed E-state index contributed by atoms with van der Waals surface area (Å²) in [5, 5.41) is 4.13. The smallest absolute Gasteiger partial charge is 0.0967 e. The normalized spacial score (nSPS) is 15.7. The van der Waals surface area contributed by atoms with E-state index < -0.39 is 0 Å². The summed E-state index contributed by atoms with van der Waals surface area (Å²) in [6, 6.07) is 0. The van der Waals surface area contributed by atoms with Crippen molar-refractivity contribution in [3.05, 3.63) is 16.9 Å². The van der Waals surface area contributed by atoms with Crippen molar-refractivity contribution in [3.63, 3.8) is 0 Å². The minimum absolute atomic E-state index is 0.342. The topological polar surface area (TPSA) is 53.1 Å². The standard InChI is InChI=1S/C8H14BrN3O/c1-8(5-10,13-2)6-12-4-7(9)3-11-12/h3-4H,5-6,10H2,1-2H3. The van der Waals surface area contributed by atoms with E-state index in [9.17, 15) is 0 Å². The van der Waals surface area contributed by atoms with Gasteiger partial charge < -0.3 is 10.5 Å². The predicted octanol–water partition coefficient (Wildman–Crippen LogP) is 1.01. The van der Waals surface area contributed by atoms with Crippen molar-refractivity contribution < 1.29 is 4.74 Å². The highest BCUT2D eigenvalue weighted by molar-refractivity contribution is 9.10. The van der Waals surface area contributed by atoms with Gasteiger partial charge in [0.25, 0.3) is 0 Å². The summed E-state index contributed by atoms with van der Waals surface area (Å²) in [7, 11) is 1.66. The second-order valence-corrected chi connectivity index (χ2v) is 4.13. The van der Waals surface area contributed by atoms with Crippen LogP contribution >= 0.6 is 15.9 Å². The first-order valence-electron chi connectivity index (χ1n) is 4.03. The molecule has 0 spiro atoms. The molecule has 0 aliphatic heterocycles. The fraction of sp³-hybridized carbons (Fsp3) is 0.625. The maximum atomic E-state index is 5.59. The fourth-order valence-corrected chi connectivity index (χ4v) is 1.31. The summed E-state index contributed by atoms with van der Waals surface area (Å²) in [4.78, 5) is 0. The second-order valence-electron chi connectivity index (χ2n) is 3.21. The Kier molecular flexibility index (Phi) is 3.47. The van der Waals surface area contributed by atoms with E-state index in [1.165, 1.54) is 0 Å². The van der Waals surface area contributed by atoms with Crippen LogP contribution in [0.2, 0.25) is 0 Å². The summed E-state index contributed by atoms with van der Waals surface area (Å²) in [5.74, 6) is 0. The maximum absolute atomic E-state index is 5.59. The number of ether oxygens (including phenoxy) is 1. The SMILES string of the molecule is COC(C)(CN)Cn1cc(Br)cn1. The lowest BCUT2D eigenvalue weighted by Crippen LogP contribution is -2.40. The van der Waals surface area contributed by atoms with Gasteiger partial charge in [0.2, 0.25) is 0 Å². The lowest BCUT2D eigenvalue weighted by molar-refractivity contribution is -0.00310. The van der Waals surface area contributed by atoms with Crippen LogP contribution in [0.15, 0.2) is 16.9 Å². The number of nitrogens with zero attached hydrogens (tertiary/aromatic N) is 2. The van der Waals surface area contributed by atoms with Gasteiger partial charge in [0.05, 0.1) is 22.8 Å². The zero-order valence-corrected chi connectivity index (χ0v) is 9.41. The molecule has 1 aromatic heterocycles. The molecule has 1 heterocycles. The molecule has 4 nitrogen and oxygen atoms in total. The van der Waals surface area contributed by atoms with Crippen molar-refractivity contribution >= 4 is 15.9 Å². The maximum Gasteiger partial charge on any atom is 0.0967 e. The van der Waals surface area contributed by atoms with E-state index in [0.29, 0.717) is 13.1 Å². The molecule has 0 aromatic carbocycles. The van der Waals surface area contributed by atoms with Crippen LogP contribution in [0.4, 0.5) is 0 Å². The largest absolute Gasteiger partial charge is 0.375 e. The van der Waals surface area contributed by atoms with Crippen molar-refractivity contribution in [3.8, 4) is 0 Å². The lowest BCUT2D eigenvalue weighted by atomic mass is 10.1. The van der Waals surface area contributed by atoms with Crippen LogP contribution in [0.25, 0.3) is 0 Å². The van der Waals surface area contributed by atoms with E-state index in [1.807, 2.05) is 13.1 Å². The number of nitrogens with two attached hydrogens (primary N) is 1. The highest BCUT2D eigenvalue weighted by Crippen LogP contribution is 2.12. The first kappa shape index (κ1) is 10.7. The van der Waals surface area contributed by atoms with Gasteiger partial charge in [0.15, 0.2) is 0 Å². The zero-order chi connectivity index (χ0) is 9.90. The Morgan fingerprint density at radius 1 is 1.77 bits per heavy atom. The van der Waals surface area contributed by atoms with Crippen molar-refractivity contribution in [2.24, 2.45) is 5.73 Å². The third-order valence-corrected chi connectivity index (χ3v) is 2.43. The summed E-state index contributed by atoms with van der Waals surface area (Å²) < 4.78 is 8.07. The molecule has 1 atom stereocenters. The highest BCUT2D eigenvalue weighted by atomic mass is 79.9. The molecule has 0 aliphatic carbocycles. The zero-order valence-electron chi connectivity index (χ0n) is 7.83. The van der Waals surface area contributed by atoms with Crippen LogP contribution in [0.5, 0.6) is 0 Å². The van der Waals surface area contributed by atoms with Gasteiger partial charge >= 0.3 is 0 Å². The number of hydrogen-bond donors (Lipinski definition) is 1. The Hall–Kier alpha value is -0.390. The molecule has 1 aromatic rings. The summed E-state index contributed by atoms with van der Waals surface area (Å²) >= 11 is 3.33. The molecule has 5 heteroatoms. The van der Waals surface area contributed by atoms with Gasteiger partial charge in [-0.05, 0) is 22.9 Å². The summed E-state index contributed by atoms with van der Waals surface area (Å²) in [6.45, 7) is 3.09. The Bertz CT molecular complexity index is 270. The monoisotopic (exact) mass is 247 g/mol. The minimum Gasteiger partial charge on any atom is -0.375 e. The fourth-order valence-electron chi connectivity index (χ4n) is 0.980. The molecule has 0 fully saturated rings. The van der Waals surface area contributed by atoms with Crippen LogP contribution in [-0.4, -0.2) is 29.0 Å². The van der Waals surface area contributed by atoms with Gasteiger partial charge in [-0.3, -0.25) is 4.68 Å². The van der Waals surface area contributed by atoms with Gasteiger partial charge in [0.1, 0.15) is 0 Å². The Morgan fingerprint density at radius 3 is 2.85 bits per heavy atom. The molecule has 0 bridgehead atoms. The van der Waals surface area contributed by atoms with Crippen molar-refractivity contribution in [1.82, 2.24) is 9.78 Å². The molecule has 2 N–H and O–H groups in total. The second kappa shape index (κ2) is 4.21.